The number of aromatic nitrogens is 1. The average Bonchev–Trinajstić information content (AvgIpc) is 2.51. The van der Waals surface area contributed by atoms with Gasteiger partial charge in [-0.15, -0.1) is 0 Å². The molecule has 2 rings (SSSR count). The minimum atomic E-state index is 0.430. The molecule has 2 unspecified atom stereocenters. The lowest BCUT2D eigenvalue weighted by Gasteiger charge is -2.24. The van der Waals surface area contributed by atoms with Crippen molar-refractivity contribution in [1.29, 1.82) is 0 Å². The molecule has 1 N–H and O–H groups in total. The molecule has 0 aliphatic rings. The van der Waals surface area contributed by atoms with Gasteiger partial charge in [-0.3, -0.25) is 4.98 Å². The van der Waals surface area contributed by atoms with E-state index >= 15 is 0 Å². The van der Waals surface area contributed by atoms with Crippen LogP contribution in [0.3, 0.4) is 0 Å². The van der Waals surface area contributed by atoms with E-state index in [0.717, 1.165) is 18.0 Å². The second-order valence-electron chi connectivity index (χ2n) is 6.05. The quantitative estimate of drug-likeness (QED) is 0.729. The molecule has 0 aliphatic carbocycles. The minimum absolute atomic E-state index is 0.430. The van der Waals surface area contributed by atoms with Crippen LogP contribution in [0.15, 0.2) is 36.5 Å². The summed E-state index contributed by atoms with van der Waals surface area (Å²) < 4.78 is 0. The van der Waals surface area contributed by atoms with Gasteiger partial charge in [-0.2, -0.15) is 0 Å². The van der Waals surface area contributed by atoms with E-state index in [-0.39, 0.29) is 0 Å². The van der Waals surface area contributed by atoms with Crippen LogP contribution in [0.4, 0.5) is 0 Å². The van der Waals surface area contributed by atoms with Crippen molar-refractivity contribution in [2.24, 2.45) is 5.92 Å². The molecule has 21 heavy (non-hydrogen) atoms. The Kier molecular flexibility index (Phi) is 6.19. The van der Waals surface area contributed by atoms with Crippen LogP contribution in [0, 0.1) is 5.92 Å². The third-order valence-corrected chi connectivity index (χ3v) is 4.12. The lowest BCUT2D eigenvalue weighted by atomic mass is 9.91. The van der Waals surface area contributed by atoms with E-state index in [4.69, 9.17) is 0 Å². The Morgan fingerprint density at radius 1 is 1.10 bits per heavy atom. The first kappa shape index (κ1) is 16.0. The van der Waals surface area contributed by atoms with Crippen LogP contribution in [0.25, 0.3) is 10.9 Å². The first-order valence-electron chi connectivity index (χ1n) is 8.33. The smallest absolute Gasteiger partial charge is 0.0705 e. The number of pyridine rings is 1. The van der Waals surface area contributed by atoms with E-state index in [2.05, 4.69) is 55.3 Å². The standard InChI is InChI=1S/C19H28N2/c1-4-8-15(3)14-19(20-12-5-2)17-9-6-11-18-16(17)10-7-13-21-18/h6-7,9-11,13,15,19-20H,4-5,8,12,14H2,1-3H3. The summed E-state index contributed by atoms with van der Waals surface area (Å²) in [5, 5.41) is 5.03. The molecule has 2 aromatic rings. The van der Waals surface area contributed by atoms with Crippen LogP contribution in [-0.4, -0.2) is 11.5 Å². The molecule has 0 amide bonds. The molecule has 2 atom stereocenters. The second-order valence-corrected chi connectivity index (χ2v) is 6.05. The molecule has 0 radical (unpaired) electrons. The average molecular weight is 284 g/mol. The maximum atomic E-state index is 4.49. The number of hydrogen-bond donors (Lipinski definition) is 1. The maximum Gasteiger partial charge on any atom is 0.0705 e. The summed E-state index contributed by atoms with van der Waals surface area (Å²) in [6.45, 7) is 7.94. The highest BCUT2D eigenvalue weighted by atomic mass is 14.9. The Bertz CT molecular complexity index is 545. The van der Waals surface area contributed by atoms with E-state index in [1.165, 1.54) is 36.6 Å². The highest BCUT2D eigenvalue weighted by molar-refractivity contribution is 5.82. The van der Waals surface area contributed by atoms with Crippen LogP contribution in [0.2, 0.25) is 0 Å². The third-order valence-electron chi connectivity index (χ3n) is 4.12. The summed E-state index contributed by atoms with van der Waals surface area (Å²) in [5.41, 5.74) is 2.50. The zero-order chi connectivity index (χ0) is 15.1. The summed E-state index contributed by atoms with van der Waals surface area (Å²) >= 11 is 0. The molecule has 1 aromatic heterocycles. The van der Waals surface area contributed by atoms with Gasteiger partial charge in [0.05, 0.1) is 5.52 Å². The van der Waals surface area contributed by atoms with Gasteiger partial charge in [-0.25, -0.2) is 0 Å². The van der Waals surface area contributed by atoms with Gasteiger partial charge in [-0.05, 0) is 43.0 Å². The molecule has 0 saturated heterocycles. The molecule has 1 aromatic carbocycles. The lowest BCUT2D eigenvalue weighted by Crippen LogP contribution is -2.24. The van der Waals surface area contributed by atoms with Crippen LogP contribution < -0.4 is 5.32 Å². The molecular formula is C19H28N2. The van der Waals surface area contributed by atoms with Gasteiger partial charge in [0.15, 0.2) is 0 Å². The number of nitrogens with zero attached hydrogens (tertiary/aromatic N) is 1. The first-order chi connectivity index (χ1) is 10.3. The fourth-order valence-electron chi connectivity index (χ4n) is 3.08. The summed E-state index contributed by atoms with van der Waals surface area (Å²) in [6, 6.07) is 11.2. The molecule has 0 saturated carbocycles. The largest absolute Gasteiger partial charge is 0.310 e. The van der Waals surface area contributed by atoms with Crippen molar-refractivity contribution in [2.75, 3.05) is 6.54 Å². The van der Waals surface area contributed by atoms with Gasteiger partial charge in [0.25, 0.3) is 0 Å². The van der Waals surface area contributed by atoms with Crippen molar-refractivity contribution >= 4 is 10.9 Å². The van der Waals surface area contributed by atoms with Crippen molar-refractivity contribution in [1.82, 2.24) is 10.3 Å². The topological polar surface area (TPSA) is 24.9 Å². The van der Waals surface area contributed by atoms with Crippen molar-refractivity contribution in [3.8, 4) is 0 Å². The van der Waals surface area contributed by atoms with Crippen LogP contribution in [0.5, 0.6) is 0 Å². The lowest BCUT2D eigenvalue weighted by molar-refractivity contribution is 0.391. The van der Waals surface area contributed by atoms with E-state index < -0.39 is 0 Å². The molecule has 114 valence electrons. The molecule has 0 spiro atoms. The van der Waals surface area contributed by atoms with Gasteiger partial charge >= 0.3 is 0 Å². The van der Waals surface area contributed by atoms with Gasteiger partial charge in [0.2, 0.25) is 0 Å². The van der Waals surface area contributed by atoms with Crippen molar-refractivity contribution < 1.29 is 0 Å². The number of rotatable bonds is 8. The third kappa shape index (κ3) is 4.28. The monoisotopic (exact) mass is 284 g/mol. The number of hydrogen-bond acceptors (Lipinski definition) is 2. The molecule has 1 heterocycles. The Morgan fingerprint density at radius 3 is 2.71 bits per heavy atom. The normalized spacial score (nSPS) is 14.2. The Morgan fingerprint density at radius 2 is 1.95 bits per heavy atom. The van der Waals surface area contributed by atoms with Crippen molar-refractivity contribution in [3.63, 3.8) is 0 Å². The Labute approximate surface area is 129 Å². The van der Waals surface area contributed by atoms with E-state index in [1.807, 2.05) is 12.3 Å². The van der Waals surface area contributed by atoms with Crippen molar-refractivity contribution in [3.05, 3.63) is 42.1 Å². The summed E-state index contributed by atoms with van der Waals surface area (Å²) in [4.78, 5) is 4.49. The predicted octanol–water partition coefficient (Wildman–Crippen LogP) is 5.10. The van der Waals surface area contributed by atoms with E-state index in [1.54, 1.807) is 0 Å². The molecule has 0 bridgehead atoms. The Balaban J connectivity index is 2.29. The van der Waals surface area contributed by atoms with Gasteiger partial charge in [0, 0.05) is 17.6 Å². The highest BCUT2D eigenvalue weighted by Gasteiger charge is 2.16. The maximum absolute atomic E-state index is 4.49. The SMILES string of the molecule is CCCNC(CC(C)CCC)c1cccc2ncccc12. The Hall–Kier alpha value is -1.41. The zero-order valence-electron chi connectivity index (χ0n) is 13.6. The van der Waals surface area contributed by atoms with Gasteiger partial charge < -0.3 is 5.32 Å². The van der Waals surface area contributed by atoms with Crippen molar-refractivity contribution in [2.45, 2.75) is 52.5 Å². The highest BCUT2D eigenvalue weighted by Crippen LogP contribution is 2.29. The molecular weight excluding hydrogens is 256 g/mol. The zero-order valence-corrected chi connectivity index (χ0v) is 13.6. The minimum Gasteiger partial charge on any atom is -0.310 e. The number of fused-ring (bicyclic) bond motifs is 1. The fraction of sp³-hybridized carbons (Fsp3) is 0.526. The van der Waals surface area contributed by atoms with E-state index in [9.17, 15) is 0 Å². The summed E-state index contributed by atoms with van der Waals surface area (Å²) in [5.74, 6) is 0.747. The summed E-state index contributed by atoms with van der Waals surface area (Å²) in [7, 11) is 0. The number of nitrogens with one attached hydrogen (secondary N) is 1. The second kappa shape index (κ2) is 8.14. The molecule has 0 fully saturated rings. The predicted molar refractivity (Wildman–Crippen MR) is 91.5 cm³/mol. The number of benzene rings is 1. The van der Waals surface area contributed by atoms with Crippen LogP contribution in [0.1, 0.15) is 58.1 Å². The molecule has 2 heteroatoms. The van der Waals surface area contributed by atoms with Crippen LogP contribution >= 0.6 is 0 Å². The van der Waals surface area contributed by atoms with E-state index in [0.29, 0.717) is 6.04 Å². The molecule has 0 aliphatic heterocycles. The van der Waals surface area contributed by atoms with Gasteiger partial charge in [-0.1, -0.05) is 51.8 Å². The fourth-order valence-corrected chi connectivity index (χ4v) is 3.08. The molecule has 2 nitrogen and oxygen atoms in total. The summed E-state index contributed by atoms with van der Waals surface area (Å²) in [6.07, 6.45) is 6.80. The van der Waals surface area contributed by atoms with Gasteiger partial charge in [0.1, 0.15) is 0 Å². The van der Waals surface area contributed by atoms with Crippen LogP contribution in [-0.2, 0) is 0 Å². The first-order valence-corrected chi connectivity index (χ1v) is 8.33.